The molecule has 0 saturated heterocycles. The van der Waals surface area contributed by atoms with E-state index >= 15 is 0 Å². The van der Waals surface area contributed by atoms with E-state index in [1.807, 2.05) is 37.3 Å². The number of nitriles is 1. The zero-order valence-electron chi connectivity index (χ0n) is 17.4. The van der Waals surface area contributed by atoms with Crippen molar-refractivity contribution in [2.75, 3.05) is 11.1 Å². The lowest BCUT2D eigenvalue weighted by atomic mass is 10.1. The van der Waals surface area contributed by atoms with E-state index in [1.165, 1.54) is 24.0 Å². The lowest BCUT2D eigenvalue weighted by Gasteiger charge is -2.14. The molecule has 0 radical (unpaired) electrons. The van der Waals surface area contributed by atoms with E-state index in [2.05, 4.69) is 10.4 Å². The third-order valence-electron chi connectivity index (χ3n) is 5.51. The molecule has 164 valence electrons. The maximum absolute atomic E-state index is 13.3. The summed E-state index contributed by atoms with van der Waals surface area (Å²) in [4.78, 5) is 30.8. The number of anilines is 1. The largest absolute Gasteiger partial charge is 0.325 e. The Balaban J connectivity index is 1.46. The van der Waals surface area contributed by atoms with Crippen LogP contribution in [0.25, 0.3) is 16.7 Å². The van der Waals surface area contributed by atoms with Gasteiger partial charge in [-0.25, -0.2) is 9.67 Å². The van der Waals surface area contributed by atoms with Crippen LogP contribution in [0.5, 0.6) is 0 Å². The average Bonchev–Trinajstić information content (AvgIpc) is 3.39. The smallest absolute Gasteiger partial charge is 0.265 e. The number of carbonyl (C=O) groups excluding carboxylic acids is 1. The molecule has 0 fully saturated rings. The predicted octanol–water partition coefficient (Wildman–Crippen LogP) is 4.09. The van der Waals surface area contributed by atoms with Crippen LogP contribution < -0.4 is 10.9 Å². The van der Waals surface area contributed by atoms with Crippen molar-refractivity contribution in [3.8, 4) is 11.8 Å². The van der Waals surface area contributed by atoms with Crippen molar-refractivity contribution < 1.29 is 4.79 Å². The number of thioether (sulfide) groups is 1. The molecule has 0 bridgehead atoms. The minimum atomic E-state index is -0.360. The molecule has 3 heterocycles. The van der Waals surface area contributed by atoms with Gasteiger partial charge in [0.1, 0.15) is 11.5 Å². The lowest BCUT2D eigenvalue weighted by Crippen LogP contribution is -2.28. The van der Waals surface area contributed by atoms with Crippen LogP contribution in [0, 0.1) is 18.3 Å². The van der Waals surface area contributed by atoms with Crippen molar-refractivity contribution >= 4 is 46.0 Å². The molecule has 8 nitrogen and oxygen atoms in total. The first-order valence-corrected chi connectivity index (χ1v) is 11.5. The molecule has 1 amide bonds. The van der Waals surface area contributed by atoms with Gasteiger partial charge in [-0.1, -0.05) is 41.6 Å². The van der Waals surface area contributed by atoms with Crippen molar-refractivity contribution in [1.82, 2.24) is 19.3 Å². The Morgan fingerprint density at radius 2 is 2.15 bits per heavy atom. The van der Waals surface area contributed by atoms with Crippen LogP contribution in [-0.2, 0) is 4.79 Å². The van der Waals surface area contributed by atoms with Gasteiger partial charge in [0.05, 0.1) is 29.2 Å². The quantitative estimate of drug-likeness (QED) is 0.445. The van der Waals surface area contributed by atoms with Crippen molar-refractivity contribution in [3.63, 3.8) is 0 Å². The minimum absolute atomic E-state index is 0.0659. The molecule has 0 saturated carbocycles. The molecule has 0 spiro atoms. The average molecular weight is 477 g/mol. The highest BCUT2D eigenvalue weighted by molar-refractivity contribution is 7.99. The van der Waals surface area contributed by atoms with E-state index in [9.17, 15) is 14.9 Å². The maximum Gasteiger partial charge on any atom is 0.265 e. The summed E-state index contributed by atoms with van der Waals surface area (Å²) in [6.45, 7) is 1.98. The van der Waals surface area contributed by atoms with Crippen LogP contribution in [0.2, 0.25) is 5.02 Å². The van der Waals surface area contributed by atoms with Crippen LogP contribution >= 0.6 is 23.4 Å². The summed E-state index contributed by atoms with van der Waals surface area (Å²) in [5.74, 6) is 0.232. The molecule has 0 aliphatic carbocycles. The van der Waals surface area contributed by atoms with Gasteiger partial charge in [0, 0.05) is 17.2 Å². The van der Waals surface area contributed by atoms with E-state index < -0.39 is 0 Å². The zero-order chi connectivity index (χ0) is 23.1. The van der Waals surface area contributed by atoms with Crippen LogP contribution in [0.1, 0.15) is 23.6 Å². The molecular weight excluding hydrogens is 460 g/mol. The summed E-state index contributed by atoms with van der Waals surface area (Å²) in [7, 11) is 0. The first-order valence-electron chi connectivity index (χ1n) is 10.1. The van der Waals surface area contributed by atoms with Crippen molar-refractivity contribution in [1.29, 1.82) is 5.26 Å². The van der Waals surface area contributed by atoms with E-state index in [1.54, 1.807) is 21.4 Å². The Labute approximate surface area is 197 Å². The van der Waals surface area contributed by atoms with Gasteiger partial charge in [-0.3, -0.25) is 14.2 Å². The number of para-hydroxylation sites is 1. The van der Waals surface area contributed by atoms with E-state index in [0.717, 1.165) is 11.3 Å². The second-order valence-corrected chi connectivity index (χ2v) is 9.09. The third kappa shape index (κ3) is 3.77. The van der Waals surface area contributed by atoms with Crippen molar-refractivity contribution in [2.45, 2.75) is 24.5 Å². The van der Waals surface area contributed by atoms with Crippen LogP contribution in [0.4, 0.5) is 5.69 Å². The number of carbonyl (C=O) groups is 1. The first kappa shape index (κ1) is 21.2. The van der Waals surface area contributed by atoms with Gasteiger partial charge in [-0.2, -0.15) is 10.4 Å². The molecule has 1 aliphatic rings. The number of aromatic nitrogens is 4. The molecule has 1 N–H and O–H groups in total. The molecule has 4 aromatic rings. The number of aryl methyl sites for hydroxylation is 1. The lowest BCUT2D eigenvalue weighted by molar-refractivity contribution is -0.116. The Morgan fingerprint density at radius 1 is 1.33 bits per heavy atom. The topological polar surface area (TPSA) is 106 Å². The van der Waals surface area contributed by atoms with E-state index in [4.69, 9.17) is 16.6 Å². The number of amides is 1. The van der Waals surface area contributed by atoms with E-state index in [-0.39, 0.29) is 23.9 Å². The van der Waals surface area contributed by atoms with Gasteiger partial charge in [0.2, 0.25) is 5.91 Å². The normalized spacial score (nSPS) is 14.8. The Kier molecular flexibility index (Phi) is 5.40. The fourth-order valence-electron chi connectivity index (χ4n) is 3.89. The molecule has 5 rings (SSSR count). The maximum atomic E-state index is 13.3. The van der Waals surface area contributed by atoms with Crippen LogP contribution in [0.15, 0.2) is 58.6 Å². The molecule has 2 aromatic heterocycles. The van der Waals surface area contributed by atoms with Gasteiger partial charge in [0.15, 0.2) is 10.8 Å². The SMILES string of the molecule is Cc1ccccc1-n1ncc2c(=O)n3c(nc21)SCC3CC(=O)Nc1cc(Cl)ccc1C#N. The van der Waals surface area contributed by atoms with Gasteiger partial charge in [0.25, 0.3) is 5.56 Å². The fraction of sp³-hybridized carbons (Fsp3) is 0.174. The summed E-state index contributed by atoms with van der Waals surface area (Å²) in [5, 5.41) is 17.8. The predicted molar refractivity (Wildman–Crippen MR) is 127 cm³/mol. The Bertz CT molecular complexity index is 1520. The van der Waals surface area contributed by atoms with Gasteiger partial charge in [-0.15, -0.1) is 0 Å². The van der Waals surface area contributed by atoms with Gasteiger partial charge >= 0.3 is 0 Å². The number of hydrogen-bond acceptors (Lipinski definition) is 6. The number of rotatable bonds is 4. The molecule has 1 aliphatic heterocycles. The Morgan fingerprint density at radius 3 is 2.94 bits per heavy atom. The summed E-state index contributed by atoms with van der Waals surface area (Å²) in [5.41, 5.74) is 2.82. The highest BCUT2D eigenvalue weighted by Gasteiger charge is 2.30. The number of hydrogen-bond donors (Lipinski definition) is 1. The van der Waals surface area contributed by atoms with Gasteiger partial charge < -0.3 is 5.32 Å². The highest BCUT2D eigenvalue weighted by Crippen LogP contribution is 2.34. The molecule has 33 heavy (non-hydrogen) atoms. The molecular formula is C23H17ClN6O2S. The molecule has 10 heteroatoms. The third-order valence-corrected chi connectivity index (χ3v) is 6.84. The van der Waals surface area contributed by atoms with Crippen molar-refractivity contribution in [3.05, 3.63) is 75.2 Å². The van der Waals surface area contributed by atoms with Gasteiger partial charge in [-0.05, 0) is 36.8 Å². The number of halogens is 1. The number of fused-ring (bicyclic) bond motifs is 2. The number of nitrogens with zero attached hydrogens (tertiary/aromatic N) is 5. The molecule has 1 atom stereocenters. The summed E-state index contributed by atoms with van der Waals surface area (Å²) < 4.78 is 3.25. The standard InChI is InChI=1S/C23H17ClN6O2S/c1-13-4-2-3-5-19(13)30-21-17(11-26-30)22(32)29-16(12-33-23(29)28-21)9-20(31)27-18-8-15(24)7-6-14(18)10-25/h2-8,11,16H,9,12H2,1H3,(H,27,31). The van der Waals surface area contributed by atoms with Crippen LogP contribution in [0.3, 0.4) is 0 Å². The molecule has 2 aromatic carbocycles. The fourth-order valence-corrected chi connectivity index (χ4v) is 5.19. The number of nitrogens with one attached hydrogen (secondary N) is 1. The van der Waals surface area contributed by atoms with Crippen LogP contribution in [-0.4, -0.2) is 31.0 Å². The summed E-state index contributed by atoms with van der Waals surface area (Å²) >= 11 is 7.43. The summed E-state index contributed by atoms with van der Waals surface area (Å²) in [6.07, 6.45) is 1.59. The number of benzene rings is 2. The molecule has 1 unspecified atom stereocenters. The summed E-state index contributed by atoms with van der Waals surface area (Å²) in [6, 6.07) is 14.1. The second-order valence-electron chi connectivity index (χ2n) is 7.67. The van der Waals surface area contributed by atoms with Crippen molar-refractivity contribution in [2.24, 2.45) is 0 Å². The monoisotopic (exact) mass is 476 g/mol. The van der Waals surface area contributed by atoms with E-state index in [0.29, 0.717) is 38.2 Å². The zero-order valence-corrected chi connectivity index (χ0v) is 19.0. The minimum Gasteiger partial charge on any atom is -0.325 e. The Hall–Kier alpha value is -3.61. The highest BCUT2D eigenvalue weighted by atomic mass is 35.5. The second kappa shape index (κ2) is 8.39. The first-order chi connectivity index (χ1) is 16.0.